The molecule has 0 saturated heterocycles. The second-order valence-corrected chi connectivity index (χ2v) is 4.77. The van der Waals surface area contributed by atoms with Gasteiger partial charge in [-0.25, -0.2) is 0 Å². The molecule has 1 saturated carbocycles. The lowest BCUT2D eigenvalue weighted by atomic mass is 10.0. The molecule has 1 aliphatic rings. The van der Waals surface area contributed by atoms with Crippen LogP contribution < -0.4 is 11.1 Å². The highest BCUT2D eigenvalue weighted by atomic mass is 32.2. The third-order valence-corrected chi connectivity index (χ3v) is 3.24. The standard InChI is InChI=1S/C10H20N2OS/c1-14-7-10(13)12-9-6-4-2-3-5-8(9)11/h8-9H,2-7,11H2,1H3,(H,12,13). The maximum Gasteiger partial charge on any atom is 0.230 e. The second-order valence-electron chi connectivity index (χ2n) is 3.91. The van der Waals surface area contributed by atoms with E-state index in [0.29, 0.717) is 5.75 Å². The Morgan fingerprint density at radius 2 is 2.14 bits per heavy atom. The maximum absolute atomic E-state index is 11.4. The Bertz CT molecular complexity index is 187. The summed E-state index contributed by atoms with van der Waals surface area (Å²) < 4.78 is 0. The molecule has 2 unspecified atom stereocenters. The van der Waals surface area contributed by atoms with E-state index in [2.05, 4.69) is 5.32 Å². The Morgan fingerprint density at radius 3 is 2.86 bits per heavy atom. The van der Waals surface area contributed by atoms with Crippen molar-refractivity contribution in [2.75, 3.05) is 12.0 Å². The van der Waals surface area contributed by atoms with Gasteiger partial charge in [0, 0.05) is 12.1 Å². The van der Waals surface area contributed by atoms with Gasteiger partial charge < -0.3 is 11.1 Å². The number of carbonyl (C=O) groups excluding carboxylic acids is 1. The molecule has 1 aliphatic carbocycles. The Labute approximate surface area is 90.2 Å². The molecule has 0 aromatic heterocycles. The highest BCUT2D eigenvalue weighted by Crippen LogP contribution is 2.16. The zero-order valence-electron chi connectivity index (χ0n) is 8.79. The molecule has 1 fully saturated rings. The molecule has 0 bridgehead atoms. The van der Waals surface area contributed by atoms with Gasteiger partial charge in [-0.2, -0.15) is 11.8 Å². The van der Waals surface area contributed by atoms with E-state index in [1.165, 1.54) is 19.3 Å². The number of nitrogens with one attached hydrogen (secondary N) is 1. The molecule has 3 nitrogen and oxygen atoms in total. The molecule has 2 atom stereocenters. The molecule has 0 radical (unpaired) electrons. The first-order chi connectivity index (χ1) is 6.74. The van der Waals surface area contributed by atoms with E-state index in [-0.39, 0.29) is 18.0 Å². The molecule has 0 aromatic rings. The minimum atomic E-state index is 0.125. The minimum Gasteiger partial charge on any atom is -0.351 e. The van der Waals surface area contributed by atoms with Crippen LogP contribution in [0.2, 0.25) is 0 Å². The molecule has 3 N–H and O–H groups in total. The van der Waals surface area contributed by atoms with E-state index in [0.717, 1.165) is 12.8 Å². The number of hydrogen-bond acceptors (Lipinski definition) is 3. The van der Waals surface area contributed by atoms with Crippen molar-refractivity contribution < 1.29 is 4.79 Å². The quantitative estimate of drug-likeness (QED) is 0.695. The van der Waals surface area contributed by atoms with Crippen molar-refractivity contribution in [1.82, 2.24) is 5.32 Å². The first-order valence-electron chi connectivity index (χ1n) is 5.28. The Kier molecular flexibility index (Phi) is 5.33. The van der Waals surface area contributed by atoms with Gasteiger partial charge in [0.25, 0.3) is 0 Å². The molecule has 14 heavy (non-hydrogen) atoms. The molecule has 1 rings (SSSR count). The van der Waals surface area contributed by atoms with Crippen molar-refractivity contribution in [2.45, 2.75) is 44.2 Å². The lowest BCUT2D eigenvalue weighted by molar-refractivity contribution is -0.119. The zero-order chi connectivity index (χ0) is 10.4. The molecular formula is C10H20N2OS. The summed E-state index contributed by atoms with van der Waals surface area (Å²) in [5, 5.41) is 3.02. The van der Waals surface area contributed by atoms with Gasteiger partial charge in [0.05, 0.1) is 5.75 Å². The fourth-order valence-electron chi connectivity index (χ4n) is 1.90. The average Bonchev–Trinajstić information content (AvgIpc) is 2.33. The number of nitrogens with two attached hydrogens (primary N) is 1. The van der Waals surface area contributed by atoms with Gasteiger partial charge in [-0.1, -0.05) is 19.3 Å². The van der Waals surface area contributed by atoms with Crippen LogP contribution in [-0.2, 0) is 4.79 Å². The molecule has 4 heteroatoms. The number of carbonyl (C=O) groups is 1. The Hall–Kier alpha value is -0.220. The van der Waals surface area contributed by atoms with Crippen molar-refractivity contribution in [3.8, 4) is 0 Å². The summed E-state index contributed by atoms with van der Waals surface area (Å²) in [6, 6.07) is 0.362. The van der Waals surface area contributed by atoms with Gasteiger partial charge in [-0.15, -0.1) is 0 Å². The van der Waals surface area contributed by atoms with Crippen LogP contribution >= 0.6 is 11.8 Å². The first kappa shape index (κ1) is 11.9. The zero-order valence-corrected chi connectivity index (χ0v) is 9.61. The summed E-state index contributed by atoms with van der Waals surface area (Å²) >= 11 is 1.55. The number of thioether (sulfide) groups is 1. The van der Waals surface area contributed by atoms with E-state index < -0.39 is 0 Å². The van der Waals surface area contributed by atoms with Crippen LogP contribution in [0.1, 0.15) is 32.1 Å². The van der Waals surface area contributed by atoms with Crippen molar-refractivity contribution in [1.29, 1.82) is 0 Å². The Balaban J connectivity index is 2.36. The maximum atomic E-state index is 11.4. The van der Waals surface area contributed by atoms with E-state index in [4.69, 9.17) is 5.73 Å². The normalized spacial score (nSPS) is 28.1. The minimum absolute atomic E-state index is 0.125. The number of amides is 1. The molecule has 1 amide bonds. The van der Waals surface area contributed by atoms with Gasteiger partial charge in [-0.05, 0) is 19.1 Å². The third kappa shape index (κ3) is 3.88. The highest BCUT2D eigenvalue weighted by molar-refractivity contribution is 7.99. The van der Waals surface area contributed by atoms with Crippen LogP contribution in [0.25, 0.3) is 0 Å². The Morgan fingerprint density at radius 1 is 1.43 bits per heavy atom. The van der Waals surface area contributed by atoms with Crippen LogP contribution in [0, 0.1) is 0 Å². The summed E-state index contributed by atoms with van der Waals surface area (Å²) in [7, 11) is 0. The van der Waals surface area contributed by atoms with Crippen LogP contribution in [0.15, 0.2) is 0 Å². The van der Waals surface area contributed by atoms with Gasteiger partial charge >= 0.3 is 0 Å². The lowest BCUT2D eigenvalue weighted by Crippen LogP contribution is -2.47. The number of rotatable bonds is 3. The van der Waals surface area contributed by atoms with Crippen LogP contribution in [0.4, 0.5) is 0 Å². The molecule has 0 spiro atoms. The topological polar surface area (TPSA) is 55.1 Å². The molecule has 0 heterocycles. The molecule has 0 aliphatic heterocycles. The monoisotopic (exact) mass is 216 g/mol. The van der Waals surface area contributed by atoms with E-state index in [1.807, 2.05) is 6.26 Å². The van der Waals surface area contributed by atoms with E-state index in [9.17, 15) is 4.79 Å². The van der Waals surface area contributed by atoms with Crippen LogP contribution in [0.3, 0.4) is 0 Å². The van der Waals surface area contributed by atoms with Gasteiger partial charge in [0.2, 0.25) is 5.91 Å². The van der Waals surface area contributed by atoms with Crippen molar-refractivity contribution in [3.63, 3.8) is 0 Å². The van der Waals surface area contributed by atoms with E-state index in [1.54, 1.807) is 11.8 Å². The smallest absolute Gasteiger partial charge is 0.230 e. The van der Waals surface area contributed by atoms with Gasteiger partial charge in [-0.3, -0.25) is 4.79 Å². The summed E-state index contributed by atoms with van der Waals surface area (Å²) in [6.07, 6.45) is 7.68. The molecule has 0 aromatic carbocycles. The van der Waals surface area contributed by atoms with E-state index >= 15 is 0 Å². The second kappa shape index (κ2) is 6.30. The lowest BCUT2D eigenvalue weighted by Gasteiger charge is -2.22. The summed E-state index contributed by atoms with van der Waals surface area (Å²) in [5.74, 6) is 0.670. The number of hydrogen-bond donors (Lipinski definition) is 2. The predicted molar refractivity (Wildman–Crippen MR) is 61.4 cm³/mol. The predicted octanol–water partition coefficient (Wildman–Crippen LogP) is 1.13. The molecular weight excluding hydrogens is 196 g/mol. The largest absolute Gasteiger partial charge is 0.351 e. The first-order valence-corrected chi connectivity index (χ1v) is 6.67. The summed E-state index contributed by atoms with van der Waals surface area (Å²) in [6.45, 7) is 0. The fraction of sp³-hybridized carbons (Fsp3) is 0.900. The fourth-order valence-corrected chi connectivity index (χ4v) is 2.24. The van der Waals surface area contributed by atoms with Crippen molar-refractivity contribution in [3.05, 3.63) is 0 Å². The van der Waals surface area contributed by atoms with Gasteiger partial charge in [0.15, 0.2) is 0 Å². The van der Waals surface area contributed by atoms with Crippen molar-refractivity contribution in [2.24, 2.45) is 5.73 Å². The van der Waals surface area contributed by atoms with Crippen molar-refractivity contribution >= 4 is 17.7 Å². The third-order valence-electron chi connectivity index (χ3n) is 2.69. The molecule has 82 valence electrons. The van der Waals surface area contributed by atoms with Crippen LogP contribution in [0.5, 0.6) is 0 Å². The highest BCUT2D eigenvalue weighted by Gasteiger charge is 2.21. The van der Waals surface area contributed by atoms with Crippen LogP contribution in [-0.4, -0.2) is 30.0 Å². The van der Waals surface area contributed by atoms with Gasteiger partial charge in [0.1, 0.15) is 0 Å². The average molecular weight is 216 g/mol. The SMILES string of the molecule is CSCC(=O)NC1CCCCCC1N. The summed E-state index contributed by atoms with van der Waals surface area (Å²) in [4.78, 5) is 11.4. The summed E-state index contributed by atoms with van der Waals surface area (Å²) in [5.41, 5.74) is 6.00.